The van der Waals surface area contributed by atoms with Crippen molar-refractivity contribution in [2.45, 2.75) is 72.1 Å². The first-order chi connectivity index (χ1) is 15.8. The molecule has 4 atom stereocenters. The summed E-state index contributed by atoms with van der Waals surface area (Å²) in [7, 11) is 0. The summed E-state index contributed by atoms with van der Waals surface area (Å²) in [5.41, 5.74) is -0.393. The highest BCUT2D eigenvalue weighted by Crippen LogP contribution is 2.45. The van der Waals surface area contributed by atoms with Crippen molar-refractivity contribution in [3.63, 3.8) is 0 Å². The van der Waals surface area contributed by atoms with E-state index >= 15 is 0 Å². The number of rotatable bonds is 11. The van der Waals surface area contributed by atoms with Gasteiger partial charge in [-0.25, -0.2) is 19.2 Å². The highest BCUT2D eigenvalue weighted by Gasteiger charge is 2.42. The van der Waals surface area contributed by atoms with Gasteiger partial charge in [0, 0.05) is 24.7 Å². The van der Waals surface area contributed by atoms with Crippen molar-refractivity contribution in [2.75, 3.05) is 19.8 Å². The van der Waals surface area contributed by atoms with Crippen molar-refractivity contribution in [1.29, 1.82) is 0 Å². The number of esters is 2. The third-order valence-electron chi connectivity index (χ3n) is 5.30. The Morgan fingerprint density at radius 2 is 1.41 bits per heavy atom. The lowest BCUT2D eigenvalue weighted by molar-refractivity contribution is -0.141. The van der Waals surface area contributed by atoms with Gasteiger partial charge in [-0.2, -0.15) is 0 Å². The van der Waals surface area contributed by atoms with Crippen molar-refractivity contribution in [3.8, 4) is 0 Å². The molecule has 1 saturated carbocycles. The van der Waals surface area contributed by atoms with E-state index in [0.29, 0.717) is 13.0 Å². The van der Waals surface area contributed by atoms with Crippen LogP contribution in [-0.2, 0) is 28.5 Å². The lowest BCUT2D eigenvalue weighted by Gasteiger charge is -2.46. The van der Waals surface area contributed by atoms with Gasteiger partial charge in [0.1, 0.15) is 25.4 Å². The van der Waals surface area contributed by atoms with E-state index in [2.05, 4.69) is 37.6 Å². The molecule has 10 heteroatoms. The van der Waals surface area contributed by atoms with Crippen LogP contribution in [0.4, 0.5) is 9.59 Å². The Kier molecular flexibility index (Phi) is 11.1. The van der Waals surface area contributed by atoms with Crippen LogP contribution in [0.1, 0.15) is 53.9 Å². The monoisotopic (exact) mass is 482 g/mol. The highest BCUT2D eigenvalue weighted by atomic mass is 16.6. The van der Waals surface area contributed by atoms with E-state index < -0.39 is 36.3 Å². The van der Waals surface area contributed by atoms with Gasteiger partial charge in [0.15, 0.2) is 0 Å². The molecule has 2 amide bonds. The van der Waals surface area contributed by atoms with Gasteiger partial charge in [0.25, 0.3) is 0 Å². The van der Waals surface area contributed by atoms with Crippen LogP contribution in [-0.4, -0.2) is 62.1 Å². The van der Waals surface area contributed by atoms with Gasteiger partial charge in [-0.05, 0) is 43.9 Å². The van der Waals surface area contributed by atoms with Crippen molar-refractivity contribution in [3.05, 3.63) is 25.3 Å². The summed E-state index contributed by atoms with van der Waals surface area (Å²) < 4.78 is 20.2. The molecule has 0 saturated heterocycles. The SMILES string of the molecule is C=CC(=O)OCC(C)OC(=O)NC[C@@]1(C)CC(NC(=O)OC(C)COC(=O)C=C)CC(C)(C)C1. The molecule has 3 unspecified atom stereocenters. The standard InChI is InChI=1S/C24H38N2O8/c1-8-19(27)31-12-16(3)33-21(29)25-15-24(7)11-18(10-23(5,6)14-24)26-22(30)34-17(4)13-32-20(28)9-2/h8-9,16-18H,1-2,10-15H2,3-7H3,(H,25,29)(H,26,30)/t16?,17?,18?,24-/m0/s1. The maximum atomic E-state index is 12.4. The van der Waals surface area contributed by atoms with Crippen molar-refractivity contribution in [2.24, 2.45) is 10.8 Å². The molecule has 10 nitrogen and oxygen atoms in total. The lowest BCUT2D eigenvalue weighted by atomic mass is 9.62. The van der Waals surface area contributed by atoms with Crippen LogP contribution in [0.15, 0.2) is 25.3 Å². The fourth-order valence-electron chi connectivity index (χ4n) is 4.35. The maximum Gasteiger partial charge on any atom is 0.407 e. The topological polar surface area (TPSA) is 129 Å². The molecule has 1 aliphatic rings. The number of hydrogen-bond acceptors (Lipinski definition) is 8. The molecule has 2 N–H and O–H groups in total. The highest BCUT2D eigenvalue weighted by molar-refractivity contribution is 5.81. The van der Waals surface area contributed by atoms with Crippen molar-refractivity contribution in [1.82, 2.24) is 10.6 Å². The predicted octanol–water partition coefficient (Wildman–Crippen LogP) is 3.26. The Balaban J connectivity index is 2.57. The van der Waals surface area contributed by atoms with Crippen molar-refractivity contribution >= 4 is 24.1 Å². The van der Waals surface area contributed by atoms with E-state index in [4.69, 9.17) is 18.9 Å². The summed E-state index contributed by atoms with van der Waals surface area (Å²) >= 11 is 0. The number of ether oxygens (including phenoxy) is 4. The second-order valence-corrected chi connectivity index (χ2v) is 9.85. The third-order valence-corrected chi connectivity index (χ3v) is 5.30. The Morgan fingerprint density at radius 1 is 0.912 bits per heavy atom. The minimum Gasteiger partial charge on any atom is -0.459 e. The van der Waals surface area contributed by atoms with E-state index in [-0.39, 0.29) is 30.1 Å². The first kappa shape index (κ1) is 29.0. The van der Waals surface area contributed by atoms with Gasteiger partial charge in [0.05, 0.1) is 0 Å². The van der Waals surface area contributed by atoms with E-state index in [0.717, 1.165) is 25.0 Å². The Labute approximate surface area is 201 Å². The van der Waals surface area contributed by atoms with Crippen molar-refractivity contribution < 1.29 is 38.1 Å². The molecule has 1 rings (SSSR count). The molecule has 0 bridgehead atoms. The number of nitrogens with one attached hydrogen (secondary N) is 2. The molecule has 0 heterocycles. The minimum absolute atomic E-state index is 0.0661. The molecule has 0 aromatic carbocycles. The van der Waals surface area contributed by atoms with Gasteiger partial charge in [-0.1, -0.05) is 33.9 Å². The molecule has 34 heavy (non-hydrogen) atoms. The molecule has 0 aliphatic heterocycles. The molecule has 0 spiro atoms. The zero-order valence-electron chi connectivity index (χ0n) is 20.8. The van der Waals surface area contributed by atoms with Gasteiger partial charge in [0.2, 0.25) is 0 Å². The maximum absolute atomic E-state index is 12.4. The normalized spacial score (nSPS) is 22.8. The second-order valence-electron chi connectivity index (χ2n) is 9.85. The van der Waals surface area contributed by atoms with Crippen LogP contribution >= 0.6 is 0 Å². The zero-order chi connectivity index (χ0) is 25.9. The summed E-state index contributed by atoms with van der Waals surface area (Å²) in [5.74, 6) is -1.17. The van der Waals surface area contributed by atoms with Gasteiger partial charge in [-0.15, -0.1) is 0 Å². The molecule has 192 valence electrons. The quantitative estimate of drug-likeness (QED) is 0.261. The van der Waals surface area contributed by atoms with Gasteiger partial charge in [-0.3, -0.25) is 0 Å². The van der Waals surface area contributed by atoms with Gasteiger partial charge < -0.3 is 29.6 Å². The third kappa shape index (κ3) is 11.2. The van der Waals surface area contributed by atoms with E-state index in [1.54, 1.807) is 13.8 Å². The van der Waals surface area contributed by atoms with Crippen LogP contribution in [0.5, 0.6) is 0 Å². The van der Waals surface area contributed by atoms with Crippen LogP contribution in [0.2, 0.25) is 0 Å². The Hall–Kier alpha value is -3.04. The Morgan fingerprint density at radius 3 is 1.91 bits per heavy atom. The largest absolute Gasteiger partial charge is 0.459 e. The summed E-state index contributed by atoms with van der Waals surface area (Å²) in [5, 5.41) is 5.67. The molecule has 0 aromatic rings. The van der Waals surface area contributed by atoms with Gasteiger partial charge >= 0.3 is 24.1 Å². The fraction of sp³-hybridized carbons (Fsp3) is 0.667. The predicted molar refractivity (Wildman–Crippen MR) is 125 cm³/mol. The lowest BCUT2D eigenvalue weighted by Crippen LogP contribution is -2.51. The van der Waals surface area contributed by atoms with E-state index in [1.807, 2.05) is 6.92 Å². The number of hydrogen-bond donors (Lipinski definition) is 2. The average Bonchev–Trinajstić information content (AvgIpc) is 2.72. The smallest absolute Gasteiger partial charge is 0.407 e. The van der Waals surface area contributed by atoms with Crippen LogP contribution in [0, 0.1) is 10.8 Å². The summed E-state index contributed by atoms with van der Waals surface area (Å²) in [6.45, 7) is 16.3. The minimum atomic E-state index is -0.615. The fourth-order valence-corrected chi connectivity index (χ4v) is 4.35. The summed E-state index contributed by atoms with van der Waals surface area (Å²) in [4.78, 5) is 46.8. The second kappa shape index (κ2) is 13.0. The summed E-state index contributed by atoms with van der Waals surface area (Å²) in [6.07, 6.45) is 1.84. The molecular weight excluding hydrogens is 444 g/mol. The van der Waals surface area contributed by atoms with E-state index in [9.17, 15) is 19.2 Å². The van der Waals surface area contributed by atoms with Crippen LogP contribution < -0.4 is 10.6 Å². The molecule has 1 fully saturated rings. The molecule has 0 aromatic heterocycles. The Bertz CT molecular complexity index is 766. The van der Waals surface area contributed by atoms with Crippen LogP contribution in [0.25, 0.3) is 0 Å². The number of carbonyl (C=O) groups excluding carboxylic acids is 4. The van der Waals surface area contributed by atoms with Crippen LogP contribution in [0.3, 0.4) is 0 Å². The van der Waals surface area contributed by atoms with E-state index in [1.165, 1.54) is 0 Å². The summed E-state index contributed by atoms with van der Waals surface area (Å²) in [6, 6.07) is -0.167. The number of amides is 2. The zero-order valence-corrected chi connectivity index (χ0v) is 20.8. The average molecular weight is 483 g/mol. The molecule has 1 aliphatic carbocycles. The molecular formula is C24H38N2O8. The number of alkyl carbamates (subject to hydrolysis) is 2. The number of carbonyl (C=O) groups is 4. The first-order valence-corrected chi connectivity index (χ1v) is 11.3. The first-order valence-electron chi connectivity index (χ1n) is 11.3. The molecule has 0 radical (unpaired) electrons.